The van der Waals surface area contributed by atoms with Crippen LogP contribution in [-0.4, -0.2) is 55.5 Å². The highest BCUT2D eigenvalue weighted by Gasteiger charge is 2.40. The molecule has 2 heterocycles. The van der Waals surface area contributed by atoms with E-state index in [4.69, 9.17) is 9.47 Å². The molecule has 3 fully saturated rings. The Labute approximate surface area is 121 Å². The molecule has 2 amide bonds. The van der Waals surface area contributed by atoms with Crippen molar-refractivity contribution in [1.29, 1.82) is 0 Å². The Bertz CT molecular complexity index is 334. The Kier molecular flexibility index (Phi) is 4.46. The molecule has 1 N–H and O–H groups in total. The Balaban J connectivity index is 1.53. The molecule has 0 aromatic heterocycles. The number of nitrogens with one attached hydrogen (secondary N) is 1. The van der Waals surface area contributed by atoms with Gasteiger partial charge in [-0.1, -0.05) is 12.8 Å². The van der Waals surface area contributed by atoms with E-state index in [2.05, 4.69) is 5.32 Å². The zero-order valence-corrected chi connectivity index (χ0v) is 12.2. The SMILES string of the molecule is O=C(N[C@H]1CCCOCC1)N1CCOC2(CCCC2)C1. The van der Waals surface area contributed by atoms with E-state index in [9.17, 15) is 4.79 Å². The molecule has 0 aromatic carbocycles. The van der Waals surface area contributed by atoms with Crippen molar-refractivity contribution in [1.82, 2.24) is 10.2 Å². The maximum Gasteiger partial charge on any atom is 0.317 e. The number of morpholine rings is 1. The van der Waals surface area contributed by atoms with Crippen molar-refractivity contribution < 1.29 is 14.3 Å². The molecule has 20 heavy (non-hydrogen) atoms. The van der Waals surface area contributed by atoms with Gasteiger partial charge in [-0.2, -0.15) is 0 Å². The summed E-state index contributed by atoms with van der Waals surface area (Å²) in [6, 6.07) is 0.360. The van der Waals surface area contributed by atoms with Crippen LogP contribution >= 0.6 is 0 Å². The van der Waals surface area contributed by atoms with Crippen LogP contribution in [0.1, 0.15) is 44.9 Å². The Morgan fingerprint density at radius 2 is 1.95 bits per heavy atom. The predicted octanol–water partition coefficient (Wildman–Crippen LogP) is 1.91. The molecule has 2 saturated heterocycles. The minimum Gasteiger partial charge on any atom is -0.381 e. The lowest BCUT2D eigenvalue weighted by Gasteiger charge is -2.40. The molecule has 5 heteroatoms. The van der Waals surface area contributed by atoms with Gasteiger partial charge in [0.05, 0.1) is 18.8 Å². The monoisotopic (exact) mass is 282 g/mol. The maximum atomic E-state index is 12.4. The third-order valence-electron chi connectivity index (χ3n) is 4.83. The van der Waals surface area contributed by atoms with Crippen molar-refractivity contribution >= 4 is 6.03 Å². The van der Waals surface area contributed by atoms with Crippen molar-refractivity contribution in [3.63, 3.8) is 0 Å². The van der Waals surface area contributed by atoms with Crippen LogP contribution < -0.4 is 5.32 Å². The minimum atomic E-state index is -0.0395. The van der Waals surface area contributed by atoms with Gasteiger partial charge in [-0.25, -0.2) is 4.79 Å². The summed E-state index contributed by atoms with van der Waals surface area (Å²) in [6.45, 7) is 3.76. The highest BCUT2D eigenvalue weighted by atomic mass is 16.5. The van der Waals surface area contributed by atoms with E-state index in [1.54, 1.807) is 0 Å². The number of rotatable bonds is 1. The topological polar surface area (TPSA) is 50.8 Å². The number of hydrogen-bond acceptors (Lipinski definition) is 3. The fraction of sp³-hybridized carbons (Fsp3) is 0.933. The van der Waals surface area contributed by atoms with Crippen LogP contribution in [0.4, 0.5) is 4.79 Å². The largest absolute Gasteiger partial charge is 0.381 e. The Hall–Kier alpha value is -0.810. The zero-order valence-electron chi connectivity index (χ0n) is 12.2. The van der Waals surface area contributed by atoms with Gasteiger partial charge in [-0.05, 0) is 32.1 Å². The summed E-state index contributed by atoms with van der Waals surface area (Å²) in [4.78, 5) is 14.4. The van der Waals surface area contributed by atoms with Gasteiger partial charge in [0.25, 0.3) is 0 Å². The Morgan fingerprint density at radius 1 is 1.10 bits per heavy atom. The normalized spacial score (nSPS) is 30.2. The van der Waals surface area contributed by atoms with Crippen LogP contribution in [0.2, 0.25) is 0 Å². The van der Waals surface area contributed by atoms with E-state index in [1.165, 1.54) is 12.8 Å². The molecule has 2 aliphatic heterocycles. The molecule has 0 aromatic rings. The van der Waals surface area contributed by atoms with Crippen LogP contribution in [0, 0.1) is 0 Å². The van der Waals surface area contributed by atoms with Gasteiger partial charge in [0.15, 0.2) is 0 Å². The van der Waals surface area contributed by atoms with Gasteiger partial charge in [-0.15, -0.1) is 0 Å². The Morgan fingerprint density at radius 3 is 2.80 bits per heavy atom. The van der Waals surface area contributed by atoms with E-state index in [1.807, 2.05) is 4.90 Å². The van der Waals surface area contributed by atoms with E-state index in [0.717, 1.165) is 58.4 Å². The average molecular weight is 282 g/mol. The van der Waals surface area contributed by atoms with Crippen LogP contribution in [-0.2, 0) is 9.47 Å². The van der Waals surface area contributed by atoms with E-state index < -0.39 is 0 Å². The van der Waals surface area contributed by atoms with Crippen LogP contribution in [0.25, 0.3) is 0 Å². The number of hydrogen-bond donors (Lipinski definition) is 1. The summed E-state index contributed by atoms with van der Waals surface area (Å²) in [5, 5.41) is 3.19. The van der Waals surface area contributed by atoms with Gasteiger partial charge >= 0.3 is 6.03 Å². The molecule has 0 radical (unpaired) electrons. The van der Waals surface area contributed by atoms with E-state index in [-0.39, 0.29) is 17.7 Å². The lowest BCUT2D eigenvalue weighted by atomic mass is 10.00. The standard InChI is InChI=1S/C15H26N2O3/c18-14(16-13-4-3-9-19-10-5-13)17-8-11-20-15(12-17)6-1-2-7-15/h13H,1-12H2,(H,16,18)/t13-/m0/s1. The number of carbonyl (C=O) groups is 1. The van der Waals surface area contributed by atoms with Crippen LogP contribution in [0.5, 0.6) is 0 Å². The highest BCUT2D eigenvalue weighted by molar-refractivity contribution is 5.74. The molecule has 3 rings (SSSR count). The van der Waals surface area contributed by atoms with Gasteiger partial charge in [-0.3, -0.25) is 0 Å². The third kappa shape index (κ3) is 3.26. The summed E-state index contributed by atoms with van der Waals surface area (Å²) in [6.07, 6.45) is 7.67. The summed E-state index contributed by atoms with van der Waals surface area (Å²) in [5.74, 6) is 0. The molecule has 1 saturated carbocycles. The molecule has 3 aliphatic rings. The van der Waals surface area contributed by atoms with Crippen molar-refractivity contribution in [2.24, 2.45) is 0 Å². The molecule has 114 valence electrons. The zero-order chi connectivity index (χ0) is 13.8. The van der Waals surface area contributed by atoms with Gasteiger partial charge < -0.3 is 19.7 Å². The summed E-state index contributed by atoms with van der Waals surface area (Å²) >= 11 is 0. The number of nitrogens with zero attached hydrogens (tertiary/aromatic N) is 1. The molecule has 5 nitrogen and oxygen atoms in total. The number of carbonyl (C=O) groups excluding carboxylic acids is 1. The quantitative estimate of drug-likeness (QED) is 0.799. The second-order valence-corrected chi connectivity index (χ2v) is 6.35. The lowest BCUT2D eigenvalue weighted by Crippen LogP contribution is -2.56. The van der Waals surface area contributed by atoms with Gasteiger partial charge in [0.1, 0.15) is 0 Å². The first-order valence-electron chi connectivity index (χ1n) is 8.05. The van der Waals surface area contributed by atoms with Crippen LogP contribution in [0.3, 0.4) is 0 Å². The van der Waals surface area contributed by atoms with Crippen LogP contribution in [0.15, 0.2) is 0 Å². The fourth-order valence-corrected chi connectivity index (χ4v) is 3.65. The van der Waals surface area contributed by atoms with Gasteiger partial charge in [0.2, 0.25) is 0 Å². The maximum absolute atomic E-state index is 12.4. The second kappa shape index (κ2) is 6.31. The predicted molar refractivity (Wildman–Crippen MR) is 75.7 cm³/mol. The van der Waals surface area contributed by atoms with Crippen molar-refractivity contribution in [3.05, 3.63) is 0 Å². The summed E-state index contributed by atoms with van der Waals surface area (Å²) in [5.41, 5.74) is -0.0395. The summed E-state index contributed by atoms with van der Waals surface area (Å²) in [7, 11) is 0. The molecule has 1 aliphatic carbocycles. The fourth-order valence-electron chi connectivity index (χ4n) is 3.65. The molecule has 1 spiro atoms. The molecular formula is C15H26N2O3. The molecule has 0 bridgehead atoms. The van der Waals surface area contributed by atoms with Crippen molar-refractivity contribution in [3.8, 4) is 0 Å². The highest BCUT2D eigenvalue weighted by Crippen LogP contribution is 2.35. The van der Waals surface area contributed by atoms with Crippen molar-refractivity contribution in [2.75, 3.05) is 32.9 Å². The smallest absolute Gasteiger partial charge is 0.317 e. The number of urea groups is 1. The van der Waals surface area contributed by atoms with Gasteiger partial charge in [0, 0.05) is 25.8 Å². The third-order valence-corrected chi connectivity index (χ3v) is 4.83. The first kappa shape index (κ1) is 14.1. The number of ether oxygens (including phenoxy) is 2. The average Bonchev–Trinajstić information content (AvgIpc) is 2.74. The second-order valence-electron chi connectivity index (χ2n) is 6.35. The minimum absolute atomic E-state index is 0.0395. The first-order chi connectivity index (χ1) is 9.77. The van der Waals surface area contributed by atoms with Crippen molar-refractivity contribution in [2.45, 2.75) is 56.6 Å². The summed E-state index contributed by atoms with van der Waals surface area (Å²) < 4.78 is 11.4. The lowest BCUT2D eigenvalue weighted by molar-refractivity contribution is -0.0927. The molecular weight excluding hydrogens is 256 g/mol. The molecule has 1 atom stereocenters. The first-order valence-corrected chi connectivity index (χ1v) is 8.05. The molecule has 0 unspecified atom stereocenters. The van der Waals surface area contributed by atoms with E-state index >= 15 is 0 Å². The number of amides is 2. The van der Waals surface area contributed by atoms with E-state index in [0.29, 0.717) is 6.61 Å².